The van der Waals surface area contributed by atoms with Gasteiger partial charge >= 0.3 is 0 Å². The highest BCUT2D eigenvalue weighted by molar-refractivity contribution is 5.91. The zero-order chi connectivity index (χ0) is 15.8. The Hall–Kier alpha value is -2.33. The van der Waals surface area contributed by atoms with Crippen LogP contribution in [0.5, 0.6) is 5.75 Å². The van der Waals surface area contributed by atoms with E-state index < -0.39 is 0 Å². The smallest absolute Gasteiger partial charge is 0.226 e. The first-order valence-electron chi connectivity index (χ1n) is 7.25. The third-order valence-corrected chi connectivity index (χ3v) is 3.26. The van der Waals surface area contributed by atoms with Crippen molar-refractivity contribution in [2.24, 2.45) is 0 Å². The number of carbonyl (C=O) groups excluding carboxylic acids is 1. The molecule has 2 aromatic rings. The molecule has 22 heavy (non-hydrogen) atoms. The van der Waals surface area contributed by atoms with Gasteiger partial charge in [-0.1, -0.05) is 36.4 Å². The molecule has 1 amide bonds. The number of rotatable bonds is 7. The first-order chi connectivity index (χ1) is 10.7. The molecule has 0 heterocycles. The molecule has 0 unspecified atom stereocenters. The molecular weight excluding hydrogens is 278 g/mol. The summed E-state index contributed by atoms with van der Waals surface area (Å²) in [4.78, 5) is 11.8. The van der Waals surface area contributed by atoms with E-state index in [1.807, 2.05) is 55.5 Å². The molecule has 0 aliphatic heterocycles. The van der Waals surface area contributed by atoms with Gasteiger partial charge in [0.15, 0.2) is 0 Å². The molecule has 0 bridgehead atoms. The van der Waals surface area contributed by atoms with Gasteiger partial charge in [0.25, 0.3) is 0 Å². The normalized spacial score (nSPS) is 10.3. The molecule has 2 aromatic carbocycles. The SMILES string of the molecule is COCCC(=O)Nc1cc(OCc2ccccc2)ccc1C. The largest absolute Gasteiger partial charge is 0.489 e. The lowest BCUT2D eigenvalue weighted by molar-refractivity contribution is -0.117. The Morgan fingerprint density at radius 1 is 1.14 bits per heavy atom. The fourth-order valence-electron chi connectivity index (χ4n) is 1.97. The van der Waals surface area contributed by atoms with Crippen LogP contribution in [0.3, 0.4) is 0 Å². The minimum atomic E-state index is -0.0647. The summed E-state index contributed by atoms with van der Waals surface area (Å²) in [7, 11) is 1.58. The van der Waals surface area contributed by atoms with Gasteiger partial charge in [-0.05, 0) is 24.1 Å². The lowest BCUT2D eigenvalue weighted by Crippen LogP contribution is -2.14. The Morgan fingerprint density at radius 3 is 2.64 bits per heavy atom. The molecule has 0 atom stereocenters. The van der Waals surface area contributed by atoms with Crippen LogP contribution in [0.25, 0.3) is 0 Å². The van der Waals surface area contributed by atoms with E-state index in [2.05, 4.69) is 5.32 Å². The minimum absolute atomic E-state index is 0.0647. The van der Waals surface area contributed by atoms with Crippen LogP contribution < -0.4 is 10.1 Å². The minimum Gasteiger partial charge on any atom is -0.489 e. The van der Waals surface area contributed by atoms with Crippen LogP contribution in [-0.4, -0.2) is 19.6 Å². The van der Waals surface area contributed by atoms with E-state index in [0.29, 0.717) is 19.6 Å². The summed E-state index contributed by atoms with van der Waals surface area (Å²) in [5.74, 6) is 0.668. The summed E-state index contributed by atoms with van der Waals surface area (Å²) in [6, 6.07) is 15.7. The van der Waals surface area contributed by atoms with Gasteiger partial charge in [0.1, 0.15) is 12.4 Å². The van der Waals surface area contributed by atoms with Crippen molar-refractivity contribution in [1.82, 2.24) is 0 Å². The standard InChI is InChI=1S/C18H21NO3/c1-14-8-9-16(22-13-15-6-4-3-5-7-15)12-17(14)19-18(20)10-11-21-2/h3-9,12H,10-11,13H2,1-2H3,(H,19,20). The monoisotopic (exact) mass is 299 g/mol. The van der Waals surface area contributed by atoms with E-state index in [4.69, 9.17) is 9.47 Å². The highest BCUT2D eigenvalue weighted by atomic mass is 16.5. The highest BCUT2D eigenvalue weighted by Crippen LogP contribution is 2.23. The molecule has 0 aliphatic rings. The molecule has 116 valence electrons. The molecule has 4 nitrogen and oxygen atoms in total. The van der Waals surface area contributed by atoms with E-state index in [-0.39, 0.29) is 5.91 Å². The average molecular weight is 299 g/mol. The summed E-state index contributed by atoms with van der Waals surface area (Å²) in [5, 5.41) is 2.88. The molecule has 0 radical (unpaired) electrons. The van der Waals surface area contributed by atoms with Crippen LogP contribution in [0.4, 0.5) is 5.69 Å². The molecule has 0 spiro atoms. The van der Waals surface area contributed by atoms with Crippen molar-refractivity contribution in [3.05, 3.63) is 59.7 Å². The highest BCUT2D eigenvalue weighted by Gasteiger charge is 2.06. The molecule has 0 aliphatic carbocycles. The van der Waals surface area contributed by atoms with Crippen LogP contribution in [-0.2, 0) is 16.1 Å². The van der Waals surface area contributed by atoms with Crippen molar-refractivity contribution in [2.45, 2.75) is 20.0 Å². The maximum absolute atomic E-state index is 11.8. The zero-order valence-corrected chi connectivity index (χ0v) is 13.0. The van der Waals surface area contributed by atoms with E-state index in [0.717, 1.165) is 22.6 Å². The van der Waals surface area contributed by atoms with Gasteiger partial charge in [0.05, 0.1) is 13.0 Å². The van der Waals surface area contributed by atoms with Crippen molar-refractivity contribution < 1.29 is 14.3 Å². The number of hydrogen-bond acceptors (Lipinski definition) is 3. The van der Waals surface area contributed by atoms with Gasteiger partial charge in [-0.3, -0.25) is 4.79 Å². The number of methoxy groups -OCH3 is 1. The predicted octanol–water partition coefficient (Wildman–Crippen LogP) is 3.55. The fraction of sp³-hybridized carbons (Fsp3) is 0.278. The number of benzene rings is 2. The molecule has 1 N–H and O–H groups in total. The van der Waals surface area contributed by atoms with E-state index in [9.17, 15) is 4.79 Å². The summed E-state index contributed by atoms with van der Waals surface area (Å²) >= 11 is 0. The van der Waals surface area contributed by atoms with Crippen LogP contribution in [0, 0.1) is 6.92 Å². The van der Waals surface area contributed by atoms with Gasteiger partial charge in [-0.15, -0.1) is 0 Å². The third-order valence-electron chi connectivity index (χ3n) is 3.26. The molecule has 0 saturated carbocycles. The summed E-state index contributed by atoms with van der Waals surface area (Å²) in [5.41, 5.74) is 2.87. The number of hydrogen-bond donors (Lipinski definition) is 1. The Kier molecular flexibility index (Phi) is 5.98. The maximum Gasteiger partial charge on any atom is 0.226 e. The first-order valence-corrected chi connectivity index (χ1v) is 7.25. The van der Waals surface area contributed by atoms with Gasteiger partial charge in [0, 0.05) is 18.9 Å². The van der Waals surface area contributed by atoms with Crippen LogP contribution in [0.15, 0.2) is 48.5 Å². The zero-order valence-electron chi connectivity index (χ0n) is 13.0. The van der Waals surface area contributed by atoms with Crippen molar-refractivity contribution in [3.8, 4) is 5.75 Å². The number of ether oxygens (including phenoxy) is 2. The average Bonchev–Trinajstić information content (AvgIpc) is 2.54. The Balaban J connectivity index is 1.98. The quantitative estimate of drug-likeness (QED) is 0.850. The number of nitrogens with one attached hydrogen (secondary N) is 1. The van der Waals surface area contributed by atoms with Gasteiger partial charge < -0.3 is 14.8 Å². The molecule has 2 rings (SSSR count). The van der Waals surface area contributed by atoms with Gasteiger partial charge in [-0.25, -0.2) is 0 Å². The second kappa shape index (κ2) is 8.20. The van der Waals surface area contributed by atoms with E-state index in [1.54, 1.807) is 7.11 Å². The van der Waals surface area contributed by atoms with Crippen LogP contribution in [0.1, 0.15) is 17.5 Å². The van der Waals surface area contributed by atoms with Crippen molar-refractivity contribution in [1.29, 1.82) is 0 Å². The van der Waals surface area contributed by atoms with Crippen LogP contribution >= 0.6 is 0 Å². The first kappa shape index (κ1) is 16.0. The lowest BCUT2D eigenvalue weighted by Gasteiger charge is -2.12. The number of carbonyl (C=O) groups is 1. The summed E-state index contributed by atoms with van der Waals surface area (Å²) < 4.78 is 10.7. The van der Waals surface area contributed by atoms with Gasteiger partial charge in [-0.2, -0.15) is 0 Å². The number of aryl methyl sites for hydroxylation is 1. The number of anilines is 1. The predicted molar refractivity (Wildman–Crippen MR) is 87.1 cm³/mol. The maximum atomic E-state index is 11.8. The second-order valence-electron chi connectivity index (χ2n) is 5.04. The summed E-state index contributed by atoms with van der Waals surface area (Å²) in [6.45, 7) is 2.86. The Labute approximate surface area is 131 Å². The van der Waals surface area contributed by atoms with Crippen LogP contribution in [0.2, 0.25) is 0 Å². The Bertz CT molecular complexity index is 611. The van der Waals surface area contributed by atoms with Crippen molar-refractivity contribution in [2.75, 3.05) is 19.0 Å². The third kappa shape index (κ3) is 4.90. The molecule has 4 heteroatoms. The molecule has 0 saturated heterocycles. The lowest BCUT2D eigenvalue weighted by atomic mass is 10.2. The van der Waals surface area contributed by atoms with E-state index >= 15 is 0 Å². The Morgan fingerprint density at radius 2 is 1.91 bits per heavy atom. The topological polar surface area (TPSA) is 47.6 Å². The van der Waals surface area contributed by atoms with Crippen molar-refractivity contribution >= 4 is 11.6 Å². The van der Waals surface area contributed by atoms with Gasteiger partial charge in [0.2, 0.25) is 5.91 Å². The molecular formula is C18H21NO3. The second-order valence-corrected chi connectivity index (χ2v) is 5.04. The molecule has 0 fully saturated rings. The van der Waals surface area contributed by atoms with Crippen molar-refractivity contribution in [3.63, 3.8) is 0 Å². The summed E-state index contributed by atoms with van der Waals surface area (Å²) in [6.07, 6.45) is 0.338. The fourth-order valence-corrected chi connectivity index (χ4v) is 1.97. The molecule has 0 aromatic heterocycles. The van der Waals surface area contributed by atoms with E-state index in [1.165, 1.54) is 0 Å². The number of amides is 1.